The van der Waals surface area contributed by atoms with Crippen molar-refractivity contribution in [1.82, 2.24) is 0 Å². The van der Waals surface area contributed by atoms with Crippen LogP contribution in [0.25, 0.3) is 0 Å². The molecule has 2 atom stereocenters. The van der Waals surface area contributed by atoms with Gasteiger partial charge in [-0.1, -0.05) is 0 Å². The first kappa shape index (κ1) is 20.4. The van der Waals surface area contributed by atoms with Gasteiger partial charge in [-0.05, 0) is 0 Å². The number of hydrogen-bond donors (Lipinski definition) is 2. The van der Waals surface area contributed by atoms with Crippen molar-refractivity contribution >= 4 is 0 Å². The normalized spacial score (nSPS) is 19.7. The number of aliphatic hydroxyl groups excluding tert-OH is 1. The lowest BCUT2D eigenvalue weighted by molar-refractivity contribution is -0.178. The van der Waals surface area contributed by atoms with Crippen LogP contribution in [0.3, 0.4) is 0 Å². The maximum Gasteiger partial charge on any atom is 0.411 e. The maximum absolute atomic E-state index is 11.4. The fourth-order valence-corrected chi connectivity index (χ4v) is 0.849. The van der Waals surface area contributed by atoms with Gasteiger partial charge in [0.2, 0.25) is 0 Å². The van der Waals surface area contributed by atoms with E-state index >= 15 is 0 Å². The Morgan fingerprint density at radius 2 is 1.57 bits per heavy atom. The Labute approximate surface area is 116 Å². The predicted molar refractivity (Wildman–Crippen MR) is 58.5 cm³/mol. The SMILES string of the molecule is FC(F)(F)COCC1CO1.NCC(O)COCC(F)(F)F. The van der Waals surface area contributed by atoms with Crippen LogP contribution < -0.4 is 5.73 Å². The van der Waals surface area contributed by atoms with Gasteiger partial charge in [-0.15, -0.1) is 0 Å². The maximum atomic E-state index is 11.4. The van der Waals surface area contributed by atoms with Crippen molar-refractivity contribution in [1.29, 1.82) is 0 Å². The van der Waals surface area contributed by atoms with E-state index in [0.717, 1.165) is 0 Å². The molecule has 0 aliphatic carbocycles. The third-order valence-corrected chi connectivity index (χ3v) is 1.82. The van der Waals surface area contributed by atoms with E-state index in [1.165, 1.54) is 0 Å². The van der Waals surface area contributed by atoms with Crippen LogP contribution in [0.2, 0.25) is 0 Å². The zero-order valence-corrected chi connectivity index (χ0v) is 10.9. The van der Waals surface area contributed by atoms with Gasteiger partial charge in [0.25, 0.3) is 0 Å². The number of hydrogen-bond acceptors (Lipinski definition) is 5. The van der Waals surface area contributed by atoms with Crippen LogP contribution in [0.4, 0.5) is 26.3 Å². The molecule has 1 heterocycles. The van der Waals surface area contributed by atoms with Gasteiger partial charge < -0.3 is 25.1 Å². The van der Waals surface area contributed by atoms with E-state index in [0.29, 0.717) is 6.61 Å². The van der Waals surface area contributed by atoms with Crippen molar-refractivity contribution in [2.45, 2.75) is 24.6 Å². The molecule has 0 saturated carbocycles. The average molecular weight is 329 g/mol. The first-order valence-corrected chi connectivity index (χ1v) is 5.82. The van der Waals surface area contributed by atoms with E-state index in [1.807, 2.05) is 0 Å². The quantitative estimate of drug-likeness (QED) is 0.535. The highest BCUT2D eigenvalue weighted by Crippen LogP contribution is 2.16. The van der Waals surface area contributed by atoms with E-state index in [9.17, 15) is 26.3 Å². The highest BCUT2D eigenvalue weighted by molar-refractivity contribution is 4.67. The van der Waals surface area contributed by atoms with Crippen LogP contribution in [-0.4, -0.2) is 69.2 Å². The molecule has 0 radical (unpaired) electrons. The summed E-state index contributed by atoms with van der Waals surface area (Å²) in [7, 11) is 0. The summed E-state index contributed by atoms with van der Waals surface area (Å²) < 4.78 is 81.2. The molecule has 0 aromatic rings. The molecule has 21 heavy (non-hydrogen) atoms. The molecule has 1 saturated heterocycles. The highest BCUT2D eigenvalue weighted by Gasteiger charge is 2.30. The Balaban J connectivity index is 0.000000382. The summed E-state index contributed by atoms with van der Waals surface area (Å²) in [5.41, 5.74) is 4.91. The molecule has 2 unspecified atom stereocenters. The molecule has 11 heteroatoms. The smallest absolute Gasteiger partial charge is 0.389 e. The molecule has 128 valence electrons. The minimum absolute atomic E-state index is 0.0551. The molecule has 0 aromatic heterocycles. The summed E-state index contributed by atoms with van der Waals surface area (Å²) in [5.74, 6) is 0. The van der Waals surface area contributed by atoms with Crippen molar-refractivity contribution < 1.29 is 45.7 Å². The minimum atomic E-state index is -4.34. The molecule has 0 bridgehead atoms. The van der Waals surface area contributed by atoms with Gasteiger partial charge in [-0.25, -0.2) is 0 Å². The van der Waals surface area contributed by atoms with Crippen LogP contribution in [-0.2, 0) is 14.2 Å². The van der Waals surface area contributed by atoms with E-state index < -0.39 is 31.7 Å². The lowest BCUT2D eigenvalue weighted by atomic mass is 10.4. The predicted octanol–water partition coefficient (Wildman–Crippen LogP) is 0.849. The van der Waals surface area contributed by atoms with Gasteiger partial charge in [0.15, 0.2) is 0 Å². The van der Waals surface area contributed by atoms with Gasteiger partial charge in [-0.3, -0.25) is 0 Å². The lowest BCUT2D eigenvalue weighted by Gasteiger charge is -2.10. The zero-order chi connectivity index (χ0) is 16.5. The summed E-state index contributed by atoms with van der Waals surface area (Å²) in [5, 5.41) is 8.64. The van der Waals surface area contributed by atoms with E-state index in [-0.39, 0.29) is 25.9 Å². The van der Waals surface area contributed by atoms with Crippen molar-refractivity contribution in [3.05, 3.63) is 0 Å². The van der Waals surface area contributed by atoms with Crippen molar-refractivity contribution in [3.63, 3.8) is 0 Å². The van der Waals surface area contributed by atoms with Gasteiger partial charge in [0.05, 0.1) is 25.9 Å². The van der Waals surface area contributed by atoms with Crippen LogP contribution in [0, 0.1) is 0 Å². The number of halogens is 6. The summed E-state index contributed by atoms with van der Waals surface area (Å²) in [6.07, 6.45) is -9.66. The number of ether oxygens (including phenoxy) is 3. The molecular weight excluding hydrogens is 312 g/mol. The Morgan fingerprint density at radius 3 is 1.95 bits per heavy atom. The lowest BCUT2D eigenvalue weighted by Crippen LogP contribution is -2.28. The van der Waals surface area contributed by atoms with Crippen LogP contribution >= 0.6 is 0 Å². The Morgan fingerprint density at radius 1 is 1.10 bits per heavy atom. The molecule has 0 aromatic carbocycles. The second kappa shape index (κ2) is 9.41. The number of epoxide rings is 1. The largest absolute Gasteiger partial charge is 0.411 e. The second-order valence-electron chi connectivity index (χ2n) is 4.11. The van der Waals surface area contributed by atoms with Crippen molar-refractivity contribution in [2.75, 3.05) is 39.6 Å². The molecule has 0 amide bonds. The number of rotatable bonds is 7. The van der Waals surface area contributed by atoms with Gasteiger partial charge >= 0.3 is 12.4 Å². The van der Waals surface area contributed by atoms with Gasteiger partial charge in [0.1, 0.15) is 19.3 Å². The van der Waals surface area contributed by atoms with Gasteiger partial charge in [-0.2, -0.15) is 26.3 Å². The fraction of sp³-hybridized carbons (Fsp3) is 1.00. The Hall–Kier alpha value is -0.620. The molecule has 5 nitrogen and oxygen atoms in total. The number of nitrogens with two attached hydrogens (primary N) is 1. The third kappa shape index (κ3) is 17.3. The Bertz CT molecular complexity index is 269. The second-order valence-corrected chi connectivity index (χ2v) is 4.11. The monoisotopic (exact) mass is 329 g/mol. The van der Waals surface area contributed by atoms with E-state index in [4.69, 9.17) is 10.8 Å². The number of alkyl halides is 6. The van der Waals surface area contributed by atoms with Crippen molar-refractivity contribution in [2.24, 2.45) is 5.73 Å². The fourth-order valence-electron chi connectivity index (χ4n) is 0.849. The van der Waals surface area contributed by atoms with Crippen LogP contribution in [0.1, 0.15) is 0 Å². The van der Waals surface area contributed by atoms with E-state index in [1.54, 1.807) is 0 Å². The summed E-state index contributed by atoms with van der Waals surface area (Å²) in [6, 6.07) is 0. The van der Waals surface area contributed by atoms with Crippen LogP contribution in [0.15, 0.2) is 0 Å². The summed E-state index contributed by atoms with van der Waals surface area (Å²) >= 11 is 0. The minimum Gasteiger partial charge on any atom is -0.389 e. The standard InChI is InChI=1S/C5H10F3NO2.C5H7F3O2/c6-5(7,8)3-11-2-4(10)1-9;6-5(7,8)3-9-1-4-2-10-4/h4,10H,1-3,9H2;4H,1-3H2. The molecule has 0 spiro atoms. The molecular formula is C10H17F6NO4. The molecule has 1 fully saturated rings. The first-order chi connectivity index (χ1) is 9.53. The third-order valence-electron chi connectivity index (χ3n) is 1.82. The molecule has 1 aliphatic heterocycles. The molecule has 3 N–H and O–H groups in total. The summed E-state index contributed by atoms with van der Waals surface area (Å²) in [6.45, 7) is -2.41. The topological polar surface area (TPSA) is 77.2 Å². The number of aliphatic hydroxyl groups is 1. The van der Waals surface area contributed by atoms with Crippen molar-refractivity contribution in [3.8, 4) is 0 Å². The first-order valence-electron chi connectivity index (χ1n) is 5.82. The molecule has 1 rings (SSSR count). The van der Waals surface area contributed by atoms with Gasteiger partial charge in [0, 0.05) is 6.54 Å². The molecule has 1 aliphatic rings. The zero-order valence-electron chi connectivity index (χ0n) is 10.9. The van der Waals surface area contributed by atoms with Crippen LogP contribution in [0.5, 0.6) is 0 Å². The Kier molecular flexibility index (Phi) is 9.13. The van der Waals surface area contributed by atoms with E-state index in [2.05, 4.69) is 14.2 Å². The highest BCUT2D eigenvalue weighted by atomic mass is 19.4. The average Bonchev–Trinajstić information content (AvgIpc) is 3.10. The summed E-state index contributed by atoms with van der Waals surface area (Å²) in [4.78, 5) is 0.